The van der Waals surface area contributed by atoms with E-state index in [4.69, 9.17) is 10.5 Å². The monoisotopic (exact) mass is 300 g/mol. The summed E-state index contributed by atoms with van der Waals surface area (Å²) in [6.45, 7) is 3.06. The van der Waals surface area contributed by atoms with Crippen molar-refractivity contribution in [2.75, 3.05) is 32.1 Å². The molecule has 1 unspecified atom stereocenters. The van der Waals surface area contributed by atoms with Gasteiger partial charge >= 0.3 is 0 Å². The fourth-order valence-corrected chi connectivity index (χ4v) is 2.40. The third-order valence-electron chi connectivity index (χ3n) is 3.04. The van der Waals surface area contributed by atoms with Crippen LogP contribution in [0.3, 0.4) is 0 Å². The molecule has 1 fully saturated rings. The number of nitrogens with two attached hydrogens (primary N) is 1. The topological polar surface area (TPSA) is 58.7 Å². The van der Waals surface area contributed by atoms with Gasteiger partial charge in [0.2, 0.25) is 0 Å². The number of anilines is 1. The molecule has 5 heteroatoms. The van der Waals surface area contributed by atoms with Gasteiger partial charge in [-0.05, 0) is 27.6 Å². The Bertz CT molecular complexity index is 387. The van der Waals surface area contributed by atoms with Crippen LogP contribution in [0, 0.1) is 0 Å². The van der Waals surface area contributed by atoms with Crippen LogP contribution in [0.5, 0.6) is 0 Å². The molecule has 0 aromatic heterocycles. The molecule has 0 aliphatic carbocycles. The third-order valence-corrected chi connectivity index (χ3v) is 4.01. The summed E-state index contributed by atoms with van der Waals surface area (Å²) >= 11 is 3.50. The lowest BCUT2D eigenvalue weighted by molar-refractivity contribution is -0.0313. The Morgan fingerprint density at radius 3 is 3.12 bits per heavy atom. The molecule has 94 valence electrons. The van der Waals surface area contributed by atoms with E-state index in [1.54, 1.807) is 0 Å². The van der Waals surface area contributed by atoms with Crippen molar-refractivity contribution in [2.24, 2.45) is 0 Å². The molecule has 3 N–H and O–H groups in total. The summed E-state index contributed by atoms with van der Waals surface area (Å²) in [5, 5.41) is 9.31. The molecule has 1 aromatic carbocycles. The standard InChI is InChI=1S/C12H17BrN2O2/c13-12-9(2-1-3-11(12)14)6-15-4-5-17-8-10(15)7-16/h1-3,10,16H,4-8,14H2. The Balaban J connectivity index is 2.11. The van der Waals surface area contributed by atoms with Crippen molar-refractivity contribution in [3.05, 3.63) is 28.2 Å². The maximum absolute atomic E-state index is 9.31. The molecule has 0 amide bonds. The zero-order chi connectivity index (χ0) is 12.3. The minimum Gasteiger partial charge on any atom is -0.398 e. The van der Waals surface area contributed by atoms with Gasteiger partial charge in [0.15, 0.2) is 0 Å². The highest BCUT2D eigenvalue weighted by molar-refractivity contribution is 9.10. The first kappa shape index (κ1) is 12.8. The van der Waals surface area contributed by atoms with Crippen LogP contribution in [0.4, 0.5) is 5.69 Å². The SMILES string of the molecule is Nc1cccc(CN2CCOCC2CO)c1Br. The Hall–Kier alpha value is -0.620. The normalized spacial score (nSPS) is 21.6. The largest absolute Gasteiger partial charge is 0.398 e. The van der Waals surface area contributed by atoms with E-state index in [9.17, 15) is 5.11 Å². The maximum atomic E-state index is 9.31. The highest BCUT2D eigenvalue weighted by atomic mass is 79.9. The van der Waals surface area contributed by atoms with Crippen molar-refractivity contribution in [3.63, 3.8) is 0 Å². The zero-order valence-corrected chi connectivity index (χ0v) is 11.2. The summed E-state index contributed by atoms with van der Waals surface area (Å²) in [5.41, 5.74) is 7.74. The number of hydrogen-bond acceptors (Lipinski definition) is 4. The molecule has 1 heterocycles. The van der Waals surface area contributed by atoms with Gasteiger partial charge in [-0.3, -0.25) is 4.90 Å². The van der Waals surface area contributed by atoms with Crippen LogP contribution in [-0.4, -0.2) is 42.4 Å². The van der Waals surface area contributed by atoms with E-state index >= 15 is 0 Å². The second-order valence-corrected chi connectivity index (χ2v) is 5.00. The molecule has 1 aromatic rings. The highest BCUT2D eigenvalue weighted by Crippen LogP contribution is 2.25. The van der Waals surface area contributed by atoms with Crippen LogP contribution in [0.1, 0.15) is 5.56 Å². The van der Waals surface area contributed by atoms with E-state index in [1.165, 1.54) is 0 Å². The second kappa shape index (κ2) is 5.82. The summed E-state index contributed by atoms with van der Waals surface area (Å²) in [7, 11) is 0. The van der Waals surface area contributed by atoms with Crippen molar-refractivity contribution < 1.29 is 9.84 Å². The number of aliphatic hydroxyl groups excluding tert-OH is 1. The summed E-state index contributed by atoms with van der Waals surface area (Å²) < 4.78 is 6.30. The van der Waals surface area contributed by atoms with E-state index < -0.39 is 0 Å². The van der Waals surface area contributed by atoms with Crippen LogP contribution < -0.4 is 5.73 Å². The lowest BCUT2D eigenvalue weighted by atomic mass is 10.1. The molecule has 1 aliphatic rings. The molecule has 1 aliphatic heterocycles. The third kappa shape index (κ3) is 2.98. The van der Waals surface area contributed by atoms with Gasteiger partial charge in [-0.1, -0.05) is 12.1 Å². The second-order valence-electron chi connectivity index (χ2n) is 4.20. The number of benzene rings is 1. The first-order valence-electron chi connectivity index (χ1n) is 5.68. The van der Waals surface area contributed by atoms with Crippen molar-refractivity contribution in [1.82, 2.24) is 4.90 Å². The van der Waals surface area contributed by atoms with E-state index in [-0.39, 0.29) is 12.6 Å². The first-order valence-corrected chi connectivity index (χ1v) is 6.47. The lowest BCUT2D eigenvalue weighted by Gasteiger charge is -2.34. The molecule has 4 nitrogen and oxygen atoms in total. The van der Waals surface area contributed by atoms with Gasteiger partial charge < -0.3 is 15.6 Å². The van der Waals surface area contributed by atoms with Crippen LogP contribution >= 0.6 is 15.9 Å². The fourth-order valence-electron chi connectivity index (χ4n) is 2.01. The Kier molecular flexibility index (Phi) is 4.39. The van der Waals surface area contributed by atoms with Gasteiger partial charge in [-0.25, -0.2) is 0 Å². The number of morpholine rings is 1. The molecule has 0 radical (unpaired) electrons. The number of rotatable bonds is 3. The molecule has 0 saturated carbocycles. The van der Waals surface area contributed by atoms with Gasteiger partial charge in [0.1, 0.15) is 0 Å². The zero-order valence-electron chi connectivity index (χ0n) is 9.60. The molecule has 2 rings (SSSR count). The molecule has 1 saturated heterocycles. The number of nitrogen functional groups attached to an aromatic ring is 1. The molecule has 0 bridgehead atoms. The number of hydrogen-bond donors (Lipinski definition) is 2. The summed E-state index contributed by atoms with van der Waals surface area (Å²) in [6.07, 6.45) is 0. The van der Waals surface area contributed by atoms with Gasteiger partial charge in [0, 0.05) is 23.2 Å². The predicted octanol–water partition coefficient (Wildman–Crippen LogP) is 1.22. The van der Waals surface area contributed by atoms with Gasteiger partial charge in [-0.15, -0.1) is 0 Å². The van der Waals surface area contributed by atoms with Crippen LogP contribution in [0.15, 0.2) is 22.7 Å². The average Bonchev–Trinajstić information content (AvgIpc) is 2.35. The van der Waals surface area contributed by atoms with Gasteiger partial charge in [0.05, 0.1) is 25.9 Å². The van der Waals surface area contributed by atoms with E-state index in [0.29, 0.717) is 6.61 Å². The van der Waals surface area contributed by atoms with Crippen molar-refractivity contribution >= 4 is 21.6 Å². The fraction of sp³-hybridized carbons (Fsp3) is 0.500. The molecular weight excluding hydrogens is 284 g/mol. The number of ether oxygens (including phenoxy) is 1. The van der Waals surface area contributed by atoms with Crippen LogP contribution in [0.25, 0.3) is 0 Å². The highest BCUT2D eigenvalue weighted by Gasteiger charge is 2.22. The van der Waals surface area contributed by atoms with Crippen molar-refractivity contribution in [1.29, 1.82) is 0 Å². The molecule has 17 heavy (non-hydrogen) atoms. The summed E-state index contributed by atoms with van der Waals surface area (Å²) in [4.78, 5) is 2.23. The van der Waals surface area contributed by atoms with E-state index in [0.717, 1.165) is 35.4 Å². The van der Waals surface area contributed by atoms with Gasteiger partial charge in [-0.2, -0.15) is 0 Å². The number of halogens is 1. The summed E-state index contributed by atoms with van der Waals surface area (Å²) in [5.74, 6) is 0. The smallest absolute Gasteiger partial charge is 0.0644 e. The molecule has 1 atom stereocenters. The number of nitrogens with zero attached hydrogens (tertiary/aromatic N) is 1. The Morgan fingerprint density at radius 1 is 1.53 bits per heavy atom. The first-order chi connectivity index (χ1) is 8.22. The lowest BCUT2D eigenvalue weighted by Crippen LogP contribution is -2.46. The summed E-state index contributed by atoms with van der Waals surface area (Å²) in [6, 6.07) is 5.95. The number of aliphatic hydroxyl groups is 1. The predicted molar refractivity (Wildman–Crippen MR) is 70.7 cm³/mol. The Morgan fingerprint density at radius 2 is 2.35 bits per heavy atom. The molecular formula is C12H17BrN2O2. The van der Waals surface area contributed by atoms with Crippen molar-refractivity contribution in [3.8, 4) is 0 Å². The van der Waals surface area contributed by atoms with Crippen LogP contribution in [0.2, 0.25) is 0 Å². The average molecular weight is 301 g/mol. The molecule has 0 spiro atoms. The van der Waals surface area contributed by atoms with Crippen molar-refractivity contribution in [2.45, 2.75) is 12.6 Å². The van der Waals surface area contributed by atoms with Crippen LogP contribution in [-0.2, 0) is 11.3 Å². The van der Waals surface area contributed by atoms with Gasteiger partial charge in [0.25, 0.3) is 0 Å². The van der Waals surface area contributed by atoms with E-state index in [1.807, 2.05) is 18.2 Å². The minimum atomic E-state index is 0.0806. The quantitative estimate of drug-likeness (QED) is 0.824. The Labute approximate surface area is 109 Å². The maximum Gasteiger partial charge on any atom is 0.0644 e. The minimum absolute atomic E-state index is 0.0806. The van der Waals surface area contributed by atoms with E-state index in [2.05, 4.69) is 20.8 Å².